The molecule has 0 spiro atoms. The Morgan fingerprint density at radius 1 is 0.485 bits per heavy atom. The highest BCUT2D eigenvalue weighted by Crippen LogP contribution is 2.25. The molecule has 0 saturated heterocycles. The topological polar surface area (TPSA) is 9.23 Å². The summed E-state index contributed by atoms with van der Waals surface area (Å²) in [5.74, 6) is 0. The van der Waals surface area contributed by atoms with E-state index in [0.717, 1.165) is 33.4 Å². The van der Waals surface area contributed by atoms with Crippen molar-refractivity contribution in [2.75, 3.05) is 0 Å². The minimum atomic E-state index is 0.436. The maximum absolute atomic E-state index is 5.35. The molecule has 1 heteroatoms. The van der Waals surface area contributed by atoms with Crippen LogP contribution in [-0.2, 0) is 11.3 Å². The van der Waals surface area contributed by atoms with Crippen molar-refractivity contribution in [3.8, 4) is 0 Å². The maximum atomic E-state index is 5.35. The van der Waals surface area contributed by atoms with E-state index in [9.17, 15) is 0 Å². The van der Waals surface area contributed by atoms with Gasteiger partial charge in [0.2, 0.25) is 0 Å². The molecule has 1 radical (unpaired) electrons. The lowest BCUT2D eigenvalue weighted by molar-refractivity contribution is 0.228. The van der Waals surface area contributed by atoms with Gasteiger partial charge in [0.15, 0.2) is 0 Å². The molecular weight excluding hydrogens is 400 g/mol. The van der Waals surface area contributed by atoms with E-state index >= 15 is 0 Å². The zero-order chi connectivity index (χ0) is 22.7. The average Bonchev–Trinajstić information content (AvgIpc) is 2.88. The van der Waals surface area contributed by atoms with E-state index in [2.05, 4.69) is 104 Å². The second-order valence-electron chi connectivity index (χ2n) is 7.76. The molecule has 0 amide bonds. The van der Waals surface area contributed by atoms with Gasteiger partial charge in [-0.15, -0.1) is 0 Å². The van der Waals surface area contributed by atoms with E-state index < -0.39 is 0 Å². The smallest absolute Gasteiger partial charge is 0.0729 e. The van der Waals surface area contributed by atoms with Crippen LogP contribution in [0.25, 0.3) is 36.5 Å². The molecule has 161 valence electrons. The molecule has 0 bridgehead atoms. The summed E-state index contributed by atoms with van der Waals surface area (Å²) in [6, 6.07) is 35.4. The summed E-state index contributed by atoms with van der Waals surface area (Å²) in [4.78, 5) is 0. The van der Waals surface area contributed by atoms with Crippen molar-refractivity contribution in [3.63, 3.8) is 0 Å². The van der Waals surface area contributed by atoms with E-state index in [4.69, 9.17) is 4.74 Å². The maximum Gasteiger partial charge on any atom is 0.0729 e. The summed E-state index contributed by atoms with van der Waals surface area (Å²) in [6.07, 6.45) is 12.9. The van der Waals surface area contributed by atoms with Crippen molar-refractivity contribution >= 4 is 36.5 Å². The van der Waals surface area contributed by atoms with Crippen molar-refractivity contribution in [1.29, 1.82) is 0 Å². The van der Waals surface area contributed by atoms with Gasteiger partial charge in [-0.05, 0) is 51.1 Å². The molecule has 0 unspecified atom stereocenters. The number of hydrogen-bond acceptors (Lipinski definition) is 1. The van der Waals surface area contributed by atoms with Gasteiger partial charge in [-0.1, -0.05) is 127 Å². The van der Waals surface area contributed by atoms with Crippen molar-refractivity contribution in [3.05, 3.63) is 149 Å². The van der Waals surface area contributed by atoms with Gasteiger partial charge >= 0.3 is 0 Å². The average molecular weight is 428 g/mol. The predicted octanol–water partition coefficient (Wildman–Crippen LogP) is 8.51. The first-order valence-corrected chi connectivity index (χ1v) is 11.0. The molecular formula is C32H27O. The minimum Gasteiger partial charge on any atom is -0.374 e. The zero-order valence-electron chi connectivity index (χ0n) is 18.6. The Morgan fingerprint density at radius 2 is 0.848 bits per heavy atom. The van der Waals surface area contributed by atoms with Crippen LogP contribution in [0.4, 0.5) is 0 Å². The molecule has 0 aliphatic carbocycles. The van der Waals surface area contributed by atoms with Crippen LogP contribution in [0, 0.1) is 7.11 Å². The van der Waals surface area contributed by atoms with Crippen LogP contribution in [0.5, 0.6) is 0 Å². The summed E-state index contributed by atoms with van der Waals surface area (Å²) < 4.78 is 5.35. The first kappa shape index (κ1) is 22.3. The van der Waals surface area contributed by atoms with Gasteiger partial charge in [0.05, 0.1) is 13.7 Å². The van der Waals surface area contributed by atoms with Gasteiger partial charge < -0.3 is 4.74 Å². The number of rotatable bonds is 8. The van der Waals surface area contributed by atoms with Gasteiger partial charge in [0.25, 0.3) is 0 Å². The molecule has 0 aliphatic heterocycles. The molecule has 4 rings (SSSR count). The Labute approximate surface area is 197 Å². The fraction of sp³-hybridized carbons (Fsp3) is 0.0312. The highest BCUT2D eigenvalue weighted by Gasteiger charge is 2.07. The molecule has 4 aromatic rings. The molecule has 0 saturated carbocycles. The van der Waals surface area contributed by atoms with Crippen LogP contribution in [0.2, 0.25) is 0 Å². The lowest BCUT2D eigenvalue weighted by atomic mass is 9.95. The van der Waals surface area contributed by atoms with Crippen LogP contribution >= 0.6 is 0 Å². The van der Waals surface area contributed by atoms with Crippen LogP contribution in [-0.4, -0.2) is 0 Å². The van der Waals surface area contributed by atoms with Gasteiger partial charge in [-0.2, -0.15) is 0 Å². The Bertz CT molecular complexity index is 1160. The third-order valence-electron chi connectivity index (χ3n) is 5.37. The molecule has 0 atom stereocenters. The predicted molar refractivity (Wildman–Crippen MR) is 143 cm³/mol. The molecule has 33 heavy (non-hydrogen) atoms. The Kier molecular flexibility index (Phi) is 7.83. The van der Waals surface area contributed by atoms with Gasteiger partial charge in [0.1, 0.15) is 0 Å². The van der Waals surface area contributed by atoms with Crippen LogP contribution < -0.4 is 0 Å². The molecule has 1 nitrogen and oxygen atoms in total. The monoisotopic (exact) mass is 427 g/mol. The van der Waals surface area contributed by atoms with E-state index in [0.29, 0.717) is 6.61 Å². The minimum absolute atomic E-state index is 0.436. The Hall–Kier alpha value is -3.94. The van der Waals surface area contributed by atoms with Crippen molar-refractivity contribution in [2.24, 2.45) is 0 Å². The molecule has 0 aromatic heterocycles. The lowest BCUT2D eigenvalue weighted by Crippen LogP contribution is -1.96. The van der Waals surface area contributed by atoms with E-state index in [1.807, 2.05) is 42.5 Å². The number of hydrogen-bond donors (Lipinski definition) is 0. The molecule has 0 fully saturated rings. The standard InChI is InChI=1S/C32H27O/c1-33-25-32-30(21-19-27-13-7-3-8-14-27)23-29(18-17-26-11-5-2-6-12-26)24-31(32)22-20-28-15-9-4-10-16-28/h2-24H,1,25H2. The van der Waals surface area contributed by atoms with E-state index in [1.165, 1.54) is 5.56 Å². The van der Waals surface area contributed by atoms with Gasteiger partial charge in [-0.25, -0.2) is 0 Å². The van der Waals surface area contributed by atoms with E-state index in [-0.39, 0.29) is 0 Å². The van der Waals surface area contributed by atoms with Crippen LogP contribution in [0.15, 0.2) is 103 Å². The largest absolute Gasteiger partial charge is 0.374 e. The zero-order valence-corrected chi connectivity index (χ0v) is 18.6. The summed E-state index contributed by atoms with van der Waals surface area (Å²) >= 11 is 0. The van der Waals surface area contributed by atoms with Crippen LogP contribution in [0.1, 0.15) is 38.9 Å². The van der Waals surface area contributed by atoms with E-state index in [1.54, 1.807) is 0 Å². The molecule has 0 heterocycles. The summed E-state index contributed by atoms with van der Waals surface area (Å²) in [6.45, 7) is 0.436. The number of ether oxygens (including phenoxy) is 1. The number of benzene rings is 4. The SMILES string of the molecule is [CH2]OCc1c(C=Cc2ccccc2)cc(C=Cc2ccccc2)cc1C=Cc1ccccc1. The quantitative estimate of drug-likeness (QED) is 0.256. The first-order valence-electron chi connectivity index (χ1n) is 11.0. The van der Waals surface area contributed by atoms with Crippen molar-refractivity contribution in [1.82, 2.24) is 0 Å². The summed E-state index contributed by atoms with van der Waals surface area (Å²) in [7, 11) is 3.64. The van der Waals surface area contributed by atoms with Gasteiger partial charge in [0, 0.05) is 0 Å². The van der Waals surface area contributed by atoms with Crippen molar-refractivity contribution in [2.45, 2.75) is 6.61 Å². The molecule has 0 aliphatic rings. The Balaban J connectivity index is 1.77. The third-order valence-corrected chi connectivity index (χ3v) is 5.37. The third kappa shape index (κ3) is 6.52. The highest BCUT2D eigenvalue weighted by molar-refractivity contribution is 5.81. The molecule has 4 aromatic carbocycles. The summed E-state index contributed by atoms with van der Waals surface area (Å²) in [5.41, 5.74) is 7.96. The second-order valence-corrected chi connectivity index (χ2v) is 7.76. The fourth-order valence-electron chi connectivity index (χ4n) is 3.66. The second kappa shape index (κ2) is 11.6. The van der Waals surface area contributed by atoms with Crippen molar-refractivity contribution < 1.29 is 4.74 Å². The molecule has 0 N–H and O–H groups in total. The fourth-order valence-corrected chi connectivity index (χ4v) is 3.66. The van der Waals surface area contributed by atoms with Gasteiger partial charge in [-0.3, -0.25) is 0 Å². The normalized spacial score (nSPS) is 11.7. The highest BCUT2D eigenvalue weighted by atomic mass is 16.5. The Morgan fingerprint density at radius 3 is 1.24 bits per heavy atom. The summed E-state index contributed by atoms with van der Waals surface area (Å²) in [5, 5.41) is 0. The first-order chi connectivity index (χ1) is 16.3. The van der Waals surface area contributed by atoms with Crippen LogP contribution in [0.3, 0.4) is 0 Å². The lowest BCUT2D eigenvalue weighted by Gasteiger charge is -2.12.